The van der Waals surface area contributed by atoms with Crippen LogP contribution in [0.1, 0.15) is 72.2 Å². The van der Waals surface area contributed by atoms with Crippen molar-refractivity contribution in [3.8, 4) is 0 Å². The van der Waals surface area contributed by atoms with Crippen molar-refractivity contribution in [2.24, 2.45) is 0 Å². The van der Waals surface area contributed by atoms with E-state index in [4.69, 9.17) is 4.98 Å². The Bertz CT molecular complexity index is 1790. The summed E-state index contributed by atoms with van der Waals surface area (Å²) in [5.41, 5.74) is 4.32. The van der Waals surface area contributed by atoms with Gasteiger partial charge in [0.05, 0.1) is 23.5 Å². The van der Waals surface area contributed by atoms with Gasteiger partial charge in [0.25, 0.3) is 5.91 Å². The molecule has 47 heavy (non-hydrogen) atoms. The molecule has 244 valence electrons. The average Bonchev–Trinajstić information content (AvgIpc) is 3.73. The molecule has 0 radical (unpaired) electrons. The van der Waals surface area contributed by atoms with Crippen LogP contribution in [0.4, 0.5) is 17.5 Å². The Morgan fingerprint density at radius 2 is 1.79 bits per heavy atom. The Kier molecular flexibility index (Phi) is 8.54. The highest BCUT2D eigenvalue weighted by molar-refractivity contribution is 6.00. The lowest BCUT2D eigenvalue weighted by atomic mass is 9.93. The Balaban J connectivity index is 0.976. The number of pyridine rings is 2. The minimum Gasteiger partial charge on any atom is -0.368 e. The van der Waals surface area contributed by atoms with Crippen LogP contribution in [0.2, 0.25) is 0 Å². The molecule has 13 heteroatoms. The van der Waals surface area contributed by atoms with Crippen LogP contribution in [-0.4, -0.2) is 92.3 Å². The number of piperazine rings is 1. The van der Waals surface area contributed by atoms with Crippen molar-refractivity contribution >= 4 is 46.2 Å². The Labute approximate surface area is 273 Å². The fourth-order valence-electron chi connectivity index (χ4n) is 6.94. The lowest BCUT2D eigenvalue weighted by Crippen LogP contribution is -2.46. The quantitative estimate of drug-likeness (QED) is 0.276. The molecule has 0 spiro atoms. The summed E-state index contributed by atoms with van der Waals surface area (Å²) in [4.78, 5) is 61.7. The lowest BCUT2D eigenvalue weighted by Gasteiger charge is -2.36. The standard InChI is InChI=1S/C34H40N10O3/c1-41(2)33(47)28-18-23-19-37-34(40-31(23)44(28)24-5-3-4-6-24)38-29-9-7-25(20-36-29)43-15-13-42(14-16-43)21-22-11-12-35-27(17-22)26-8-10-30(45)39-32(26)46/h7,9,11-12,17-20,24,26H,3-6,8,10,13-16,21H2,1-2H3,(H,39,45,46)(H,36,37,38,40). The molecule has 1 saturated carbocycles. The van der Waals surface area contributed by atoms with E-state index in [0.717, 1.165) is 86.4 Å². The highest BCUT2D eigenvalue weighted by atomic mass is 16.2. The fraction of sp³-hybridized carbons (Fsp3) is 0.441. The highest BCUT2D eigenvalue weighted by Gasteiger charge is 2.30. The molecule has 1 unspecified atom stereocenters. The molecular formula is C34H40N10O3. The van der Waals surface area contributed by atoms with Crippen molar-refractivity contribution in [1.29, 1.82) is 0 Å². The van der Waals surface area contributed by atoms with Crippen LogP contribution >= 0.6 is 0 Å². The molecule has 3 amide bonds. The predicted molar refractivity (Wildman–Crippen MR) is 177 cm³/mol. The number of carbonyl (C=O) groups is 3. The third kappa shape index (κ3) is 6.53. The maximum Gasteiger partial charge on any atom is 0.270 e. The fourth-order valence-corrected chi connectivity index (χ4v) is 6.94. The van der Waals surface area contributed by atoms with Crippen LogP contribution in [-0.2, 0) is 16.1 Å². The number of piperidine rings is 1. The number of hydrogen-bond donors (Lipinski definition) is 2. The van der Waals surface area contributed by atoms with Crippen LogP contribution in [0.25, 0.3) is 11.0 Å². The first kappa shape index (κ1) is 30.7. The molecule has 1 aliphatic carbocycles. The number of rotatable bonds is 8. The van der Waals surface area contributed by atoms with Crippen molar-refractivity contribution < 1.29 is 14.4 Å². The summed E-state index contributed by atoms with van der Waals surface area (Å²) in [6, 6.07) is 10.2. The number of imide groups is 1. The molecule has 6 heterocycles. The molecule has 4 aromatic heterocycles. The van der Waals surface area contributed by atoms with Crippen LogP contribution in [0.5, 0.6) is 0 Å². The molecule has 2 aliphatic heterocycles. The van der Waals surface area contributed by atoms with Gasteiger partial charge >= 0.3 is 0 Å². The van der Waals surface area contributed by atoms with E-state index in [0.29, 0.717) is 30.3 Å². The first-order valence-corrected chi connectivity index (χ1v) is 16.4. The smallest absolute Gasteiger partial charge is 0.270 e. The first-order chi connectivity index (χ1) is 22.8. The third-order valence-electron chi connectivity index (χ3n) is 9.46. The van der Waals surface area contributed by atoms with Crippen LogP contribution in [0.3, 0.4) is 0 Å². The largest absolute Gasteiger partial charge is 0.368 e. The van der Waals surface area contributed by atoms with Gasteiger partial charge in [-0.25, -0.2) is 9.97 Å². The minimum absolute atomic E-state index is 0.0289. The van der Waals surface area contributed by atoms with Crippen molar-refractivity contribution in [2.45, 2.75) is 57.0 Å². The Morgan fingerprint density at radius 1 is 0.979 bits per heavy atom. The molecule has 1 atom stereocenters. The summed E-state index contributed by atoms with van der Waals surface area (Å²) < 4.78 is 2.11. The number of hydrogen-bond acceptors (Lipinski definition) is 10. The third-order valence-corrected chi connectivity index (χ3v) is 9.46. The first-order valence-electron chi connectivity index (χ1n) is 16.4. The van der Waals surface area contributed by atoms with Crippen LogP contribution in [0, 0.1) is 0 Å². The Hall–Kier alpha value is -4.91. The zero-order chi connectivity index (χ0) is 32.5. The van der Waals surface area contributed by atoms with Gasteiger partial charge in [0.2, 0.25) is 17.8 Å². The van der Waals surface area contributed by atoms with Crippen molar-refractivity contribution in [3.63, 3.8) is 0 Å². The molecule has 2 N–H and O–H groups in total. The number of amides is 3. The summed E-state index contributed by atoms with van der Waals surface area (Å²) in [6.45, 7) is 4.29. The van der Waals surface area contributed by atoms with E-state index in [1.54, 1.807) is 31.4 Å². The second-order valence-electron chi connectivity index (χ2n) is 12.9. The molecule has 2 saturated heterocycles. The summed E-state index contributed by atoms with van der Waals surface area (Å²) in [7, 11) is 3.55. The van der Waals surface area contributed by atoms with E-state index in [2.05, 4.69) is 46.0 Å². The van der Waals surface area contributed by atoms with Gasteiger partial charge in [-0.15, -0.1) is 0 Å². The Morgan fingerprint density at radius 3 is 2.51 bits per heavy atom. The second-order valence-corrected chi connectivity index (χ2v) is 12.9. The van der Waals surface area contributed by atoms with E-state index < -0.39 is 0 Å². The summed E-state index contributed by atoms with van der Waals surface area (Å²) in [5, 5.41) is 6.54. The summed E-state index contributed by atoms with van der Waals surface area (Å²) >= 11 is 0. The highest BCUT2D eigenvalue weighted by Crippen LogP contribution is 2.35. The predicted octanol–water partition coefficient (Wildman–Crippen LogP) is 3.62. The molecule has 0 aromatic carbocycles. The maximum atomic E-state index is 13.0. The topological polar surface area (TPSA) is 141 Å². The van der Waals surface area contributed by atoms with E-state index >= 15 is 0 Å². The normalized spacial score (nSPS) is 19.3. The molecule has 3 aliphatic rings. The molecule has 7 rings (SSSR count). The van der Waals surface area contributed by atoms with Gasteiger partial charge in [0.15, 0.2) is 0 Å². The number of aromatic nitrogens is 5. The SMILES string of the molecule is CN(C)C(=O)c1cc2cnc(Nc3ccc(N4CCN(Cc5ccnc(C6CCC(=O)NC6=O)c5)CC4)cn3)nc2n1C1CCCC1. The number of carbonyl (C=O) groups excluding carboxylic acids is 3. The van der Waals surface area contributed by atoms with E-state index in [1.807, 2.05) is 30.5 Å². The number of nitrogens with one attached hydrogen (secondary N) is 2. The van der Waals surface area contributed by atoms with Gasteiger partial charge in [0.1, 0.15) is 17.2 Å². The summed E-state index contributed by atoms with van der Waals surface area (Å²) in [5.74, 6) is 0.221. The maximum absolute atomic E-state index is 13.0. The average molecular weight is 637 g/mol. The zero-order valence-corrected chi connectivity index (χ0v) is 26.9. The molecule has 13 nitrogen and oxygen atoms in total. The van der Waals surface area contributed by atoms with Gasteiger partial charge in [-0.05, 0) is 55.2 Å². The van der Waals surface area contributed by atoms with Gasteiger partial charge in [-0.2, -0.15) is 4.98 Å². The number of nitrogens with zero attached hydrogens (tertiary/aromatic N) is 8. The zero-order valence-electron chi connectivity index (χ0n) is 26.9. The van der Waals surface area contributed by atoms with Gasteiger partial charge in [0, 0.05) is 77.1 Å². The van der Waals surface area contributed by atoms with Gasteiger partial charge in [-0.1, -0.05) is 12.8 Å². The minimum atomic E-state index is -0.376. The van der Waals surface area contributed by atoms with E-state index in [1.165, 1.54) is 0 Å². The van der Waals surface area contributed by atoms with Crippen LogP contribution in [0.15, 0.2) is 48.9 Å². The van der Waals surface area contributed by atoms with E-state index in [9.17, 15) is 14.4 Å². The van der Waals surface area contributed by atoms with Crippen LogP contribution < -0.4 is 15.5 Å². The van der Waals surface area contributed by atoms with Gasteiger partial charge < -0.3 is 19.7 Å². The lowest BCUT2D eigenvalue weighted by molar-refractivity contribution is -0.134. The monoisotopic (exact) mass is 636 g/mol. The molecule has 0 bridgehead atoms. The molecular weight excluding hydrogens is 596 g/mol. The summed E-state index contributed by atoms with van der Waals surface area (Å²) in [6.07, 6.45) is 10.6. The number of anilines is 3. The second kappa shape index (κ2) is 13.1. The van der Waals surface area contributed by atoms with Gasteiger partial charge in [-0.3, -0.25) is 29.6 Å². The van der Waals surface area contributed by atoms with Crippen molar-refractivity contribution in [3.05, 3.63) is 65.9 Å². The van der Waals surface area contributed by atoms with Crippen molar-refractivity contribution in [2.75, 3.05) is 50.5 Å². The molecule has 4 aromatic rings. The van der Waals surface area contributed by atoms with E-state index in [-0.39, 0.29) is 29.7 Å². The number of fused-ring (bicyclic) bond motifs is 1. The molecule has 3 fully saturated rings. The van der Waals surface area contributed by atoms with Crippen molar-refractivity contribution in [1.82, 2.24) is 39.6 Å².